The second kappa shape index (κ2) is 7.41. The molecule has 0 aromatic carbocycles. The number of aromatic nitrogens is 1. The van der Waals surface area contributed by atoms with E-state index in [1.54, 1.807) is 19.1 Å². The van der Waals surface area contributed by atoms with Crippen molar-refractivity contribution in [2.75, 3.05) is 21.3 Å². The lowest BCUT2D eigenvalue weighted by atomic mass is 9.92. The maximum absolute atomic E-state index is 12.6. The summed E-state index contributed by atoms with van der Waals surface area (Å²) >= 11 is 0. The van der Waals surface area contributed by atoms with Gasteiger partial charge < -0.3 is 19.5 Å². The Labute approximate surface area is 135 Å². The van der Waals surface area contributed by atoms with Gasteiger partial charge in [-0.15, -0.1) is 0 Å². The van der Waals surface area contributed by atoms with Crippen LogP contribution in [0.4, 0.5) is 0 Å². The molecule has 126 valence electrons. The molecule has 0 bridgehead atoms. The lowest BCUT2D eigenvalue weighted by Gasteiger charge is -2.34. The minimum atomic E-state index is -1.19. The van der Waals surface area contributed by atoms with E-state index in [0.29, 0.717) is 5.75 Å². The summed E-state index contributed by atoms with van der Waals surface area (Å²) in [7, 11) is 4.85. The minimum Gasteiger partial charge on any atom is -0.497 e. The van der Waals surface area contributed by atoms with Crippen LogP contribution in [0.25, 0.3) is 0 Å². The molecule has 1 fully saturated rings. The molecule has 23 heavy (non-hydrogen) atoms. The van der Waals surface area contributed by atoms with Gasteiger partial charge in [0.1, 0.15) is 11.4 Å². The third-order valence-electron chi connectivity index (χ3n) is 4.32. The van der Waals surface area contributed by atoms with E-state index < -0.39 is 5.97 Å². The highest BCUT2D eigenvalue weighted by Gasteiger charge is 2.28. The van der Waals surface area contributed by atoms with Crippen molar-refractivity contribution in [3.05, 3.63) is 23.5 Å². The molecular weight excluding hydrogens is 300 g/mol. The van der Waals surface area contributed by atoms with Crippen LogP contribution in [-0.4, -0.2) is 60.3 Å². The fourth-order valence-electron chi connectivity index (χ4n) is 2.86. The molecule has 1 N–H and O–H groups in total. The SMILES string of the molecule is COc1cc(C(=O)O)nc(C(=O)N(C)C2CCC(OC)CC2)c1. The van der Waals surface area contributed by atoms with Gasteiger partial charge in [-0.05, 0) is 25.7 Å². The minimum absolute atomic E-state index is 0.0816. The van der Waals surface area contributed by atoms with E-state index >= 15 is 0 Å². The summed E-state index contributed by atoms with van der Waals surface area (Å²) in [5.41, 5.74) is -0.123. The Morgan fingerprint density at radius 2 is 1.78 bits per heavy atom. The molecule has 1 saturated carbocycles. The van der Waals surface area contributed by atoms with Crippen molar-refractivity contribution in [1.29, 1.82) is 0 Å². The van der Waals surface area contributed by atoms with Crippen LogP contribution in [0.5, 0.6) is 5.75 Å². The molecule has 0 aliphatic heterocycles. The number of methoxy groups -OCH3 is 2. The average Bonchev–Trinajstić information content (AvgIpc) is 2.59. The standard InChI is InChI=1S/C16H22N2O5/c1-18(10-4-6-11(22-2)7-5-10)15(19)13-8-12(23-3)9-14(17-13)16(20)21/h8-11H,4-7H2,1-3H3,(H,20,21). The number of carboxylic acid groups (broad SMARTS) is 1. The van der Waals surface area contributed by atoms with Crippen molar-refractivity contribution in [3.8, 4) is 5.75 Å². The topological polar surface area (TPSA) is 89.0 Å². The maximum Gasteiger partial charge on any atom is 0.354 e. The van der Waals surface area contributed by atoms with Crippen LogP contribution in [-0.2, 0) is 4.74 Å². The molecular formula is C16H22N2O5. The van der Waals surface area contributed by atoms with Crippen molar-refractivity contribution >= 4 is 11.9 Å². The quantitative estimate of drug-likeness (QED) is 0.889. The summed E-state index contributed by atoms with van der Waals surface area (Å²) in [4.78, 5) is 29.3. The van der Waals surface area contributed by atoms with Gasteiger partial charge in [0.05, 0.1) is 13.2 Å². The number of carboxylic acids is 1. The molecule has 1 aromatic rings. The molecule has 1 aromatic heterocycles. The maximum atomic E-state index is 12.6. The monoisotopic (exact) mass is 322 g/mol. The number of carbonyl (C=O) groups excluding carboxylic acids is 1. The van der Waals surface area contributed by atoms with E-state index in [2.05, 4.69) is 4.98 Å². The zero-order chi connectivity index (χ0) is 17.0. The van der Waals surface area contributed by atoms with Gasteiger partial charge in [-0.25, -0.2) is 9.78 Å². The van der Waals surface area contributed by atoms with E-state index in [9.17, 15) is 9.59 Å². The number of hydrogen-bond acceptors (Lipinski definition) is 5. The number of nitrogens with zero attached hydrogens (tertiary/aromatic N) is 2. The van der Waals surface area contributed by atoms with Gasteiger partial charge in [0.15, 0.2) is 5.69 Å². The van der Waals surface area contributed by atoms with E-state index in [0.717, 1.165) is 25.7 Å². The van der Waals surface area contributed by atoms with Crippen LogP contribution in [0, 0.1) is 0 Å². The molecule has 7 heteroatoms. The van der Waals surface area contributed by atoms with E-state index in [1.165, 1.54) is 19.2 Å². The van der Waals surface area contributed by atoms with Crippen LogP contribution in [0.2, 0.25) is 0 Å². The molecule has 7 nitrogen and oxygen atoms in total. The van der Waals surface area contributed by atoms with Gasteiger partial charge in [-0.3, -0.25) is 4.79 Å². The molecule has 0 spiro atoms. The number of carbonyl (C=O) groups is 2. The molecule has 0 unspecified atom stereocenters. The normalized spacial score (nSPS) is 20.8. The second-order valence-electron chi connectivity index (χ2n) is 5.66. The summed E-state index contributed by atoms with van der Waals surface area (Å²) in [5, 5.41) is 9.10. The highest BCUT2D eigenvalue weighted by Crippen LogP contribution is 2.25. The molecule has 0 atom stereocenters. The van der Waals surface area contributed by atoms with Gasteiger partial charge in [0, 0.05) is 32.3 Å². The van der Waals surface area contributed by atoms with Crippen LogP contribution in [0.1, 0.15) is 46.7 Å². The summed E-state index contributed by atoms with van der Waals surface area (Å²) in [6.45, 7) is 0. The first-order valence-electron chi connectivity index (χ1n) is 7.55. The lowest BCUT2D eigenvalue weighted by Crippen LogP contribution is -2.41. The zero-order valence-electron chi connectivity index (χ0n) is 13.6. The number of amides is 1. The van der Waals surface area contributed by atoms with Crippen molar-refractivity contribution in [2.45, 2.75) is 37.8 Å². The summed E-state index contributed by atoms with van der Waals surface area (Å²) in [5.74, 6) is -1.19. The Balaban J connectivity index is 2.16. The van der Waals surface area contributed by atoms with Crippen LogP contribution in [0.3, 0.4) is 0 Å². The predicted octanol–water partition coefficient (Wildman–Crippen LogP) is 1.82. The Morgan fingerprint density at radius 3 is 2.30 bits per heavy atom. The van der Waals surface area contributed by atoms with Gasteiger partial charge >= 0.3 is 5.97 Å². The predicted molar refractivity (Wildman–Crippen MR) is 82.9 cm³/mol. The molecule has 2 rings (SSSR count). The number of hydrogen-bond donors (Lipinski definition) is 1. The Morgan fingerprint density at radius 1 is 1.17 bits per heavy atom. The molecule has 0 saturated heterocycles. The van der Waals surface area contributed by atoms with Crippen LogP contribution < -0.4 is 4.74 Å². The Kier molecular flexibility index (Phi) is 5.54. The molecule has 0 radical (unpaired) electrons. The zero-order valence-corrected chi connectivity index (χ0v) is 13.6. The van der Waals surface area contributed by atoms with Gasteiger partial charge in [-0.2, -0.15) is 0 Å². The second-order valence-corrected chi connectivity index (χ2v) is 5.66. The third kappa shape index (κ3) is 3.98. The highest BCUT2D eigenvalue weighted by molar-refractivity contribution is 5.95. The molecule has 1 amide bonds. The summed E-state index contributed by atoms with van der Waals surface area (Å²) in [6, 6.07) is 2.87. The van der Waals surface area contributed by atoms with Crippen molar-refractivity contribution in [1.82, 2.24) is 9.88 Å². The lowest BCUT2D eigenvalue weighted by molar-refractivity contribution is 0.0383. The van der Waals surface area contributed by atoms with Crippen LogP contribution in [0.15, 0.2) is 12.1 Å². The average molecular weight is 322 g/mol. The van der Waals surface area contributed by atoms with Crippen molar-refractivity contribution in [3.63, 3.8) is 0 Å². The number of pyridine rings is 1. The summed E-state index contributed by atoms with van der Waals surface area (Å²) < 4.78 is 10.4. The van der Waals surface area contributed by atoms with Gasteiger partial charge in [0.25, 0.3) is 5.91 Å². The van der Waals surface area contributed by atoms with Gasteiger partial charge in [0.2, 0.25) is 0 Å². The molecule has 1 heterocycles. The fraction of sp³-hybridized carbons (Fsp3) is 0.562. The summed E-state index contributed by atoms with van der Waals surface area (Å²) in [6.07, 6.45) is 3.78. The van der Waals surface area contributed by atoms with E-state index in [4.69, 9.17) is 14.6 Å². The number of aromatic carboxylic acids is 1. The molecule has 1 aliphatic carbocycles. The first kappa shape index (κ1) is 17.2. The van der Waals surface area contributed by atoms with Crippen LogP contribution >= 0.6 is 0 Å². The number of ether oxygens (including phenoxy) is 2. The van der Waals surface area contributed by atoms with E-state index in [-0.39, 0.29) is 29.4 Å². The Bertz CT molecular complexity index is 582. The van der Waals surface area contributed by atoms with Crippen molar-refractivity contribution < 1.29 is 24.2 Å². The van der Waals surface area contributed by atoms with Crippen molar-refractivity contribution in [2.24, 2.45) is 0 Å². The smallest absolute Gasteiger partial charge is 0.354 e. The van der Waals surface area contributed by atoms with Gasteiger partial charge in [-0.1, -0.05) is 0 Å². The number of rotatable bonds is 5. The highest BCUT2D eigenvalue weighted by atomic mass is 16.5. The third-order valence-corrected chi connectivity index (χ3v) is 4.32. The first-order valence-corrected chi connectivity index (χ1v) is 7.55. The Hall–Kier alpha value is -2.15. The van der Waals surface area contributed by atoms with E-state index in [1.807, 2.05) is 0 Å². The fourth-order valence-corrected chi connectivity index (χ4v) is 2.86. The first-order chi connectivity index (χ1) is 11.0. The largest absolute Gasteiger partial charge is 0.497 e. The molecule has 1 aliphatic rings.